The number of nitrogens with two attached hydrogens (primary N) is 1. The Hall–Kier alpha value is -1.35. The van der Waals surface area contributed by atoms with Crippen LogP contribution in [-0.4, -0.2) is 30.4 Å². The lowest BCUT2D eigenvalue weighted by Gasteiger charge is -2.23. The van der Waals surface area contributed by atoms with E-state index >= 15 is 0 Å². The maximum Gasteiger partial charge on any atom is 0.239 e. The molecular weight excluding hydrogens is 224 g/mol. The van der Waals surface area contributed by atoms with E-state index in [9.17, 15) is 4.79 Å². The number of hydrogen-bond acceptors (Lipinski definition) is 2. The van der Waals surface area contributed by atoms with Gasteiger partial charge in [0.25, 0.3) is 0 Å². The Labute approximate surface area is 110 Å². The van der Waals surface area contributed by atoms with Gasteiger partial charge in [0.2, 0.25) is 5.91 Å². The summed E-state index contributed by atoms with van der Waals surface area (Å²) in [7, 11) is 1.83. The fourth-order valence-electron chi connectivity index (χ4n) is 1.81. The topological polar surface area (TPSA) is 46.3 Å². The standard InChI is InChI=1S/C15H24N2O/c1-12(2)14(16)15(18)17(3)11-7-10-13-8-5-4-6-9-13/h4-6,8-9,12,14H,7,10-11,16H2,1-3H3/t14-/m1/s1. The molecule has 0 radical (unpaired) electrons. The van der Waals surface area contributed by atoms with Crippen LogP contribution in [0.5, 0.6) is 0 Å². The third kappa shape index (κ3) is 4.49. The Bertz CT molecular complexity index is 362. The predicted octanol–water partition coefficient (Wildman–Crippen LogP) is 2.06. The van der Waals surface area contributed by atoms with Gasteiger partial charge in [0.05, 0.1) is 6.04 Å². The number of likely N-dealkylation sites (N-methyl/N-ethyl adjacent to an activating group) is 1. The fourth-order valence-corrected chi connectivity index (χ4v) is 1.81. The Morgan fingerprint density at radius 3 is 2.44 bits per heavy atom. The normalized spacial score (nSPS) is 12.5. The molecule has 1 aromatic carbocycles. The molecule has 0 saturated carbocycles. The Morgan fingerprint density at radius 2 is 1.89 bits per heavy atom. The molecule has 0 aliphatic carbocycles. The maximum absolute atomic E-state index is 11.9. The second-order valence-corrected chi connectivity index (χ2v) is 5.12. The highest BCUT2D eigenvalue weighted by molar-refractivity contribution is 5.81. The Kier molecular flexibility index (Phi) is 5.86. The van der Waals surface area contributed by atoms with Crippen molar-refractivity contribution in [1.29, 1.82) is 0 Å². The molecule has 0 aliphatic rings. The number of rotatable bonds is 6. The second kappa shape index (κ2) is 7.17. The van der Waals surface area contributed by atoms with Gasteiger partial charge in [-0.1, -0.05) is 44.2 Å². The zero-order chi connectivity index (χ0) is 13.5. The van der Waals surface area contributed by atoms with Crippen molar-refractivity contribution in [2.45, 2.75) is 32.7 Å². The van der Waals surface area contributed by atoms with Gasteiger partial charge in [-0.3, -0.25) is 4.79 Å². The van der Waals surface area contributed by atoms with E-state index in [1.54, 1.807) is 4.90 Å². The van der Waals surface area contributed by atoms with Crippen LogP contribution >= 0.6 is 0 Å². The molecule has 3 heteroatoms. The van der Waals surface area contributed by atoms with Crippen LogP contribution in [0.25, 0.3) is 0 Å². The van der Waals surface area contributed by atoms with Gasteiger partial charge in [-0.25, -0.2) is 0 Å². The number of hydrogen-bond donors (Lipinski definition) is 1. The van der Waals surface area contributed by atoms with E-state index < -0.39 is 0 Å². The van der Waals surface area contributed by atoms with Gasteiger partial charge in [-0.15, -0.1) is 0 Å². The zero-order valence-electron chi connectivity index (χ0n) is 11.6. The van der Waals surface area contributed by atoms with Gasteiger partial charge < -0.3 is 10.6 Å². The summed E-state index contributed by atoms with van der Waals surface area (Å²) >= 11 is 0. The molecule has 18 heavy (non-hydrogen) atoms. The summed E-state index contributed by atoms with van der Waals surface area (Å²) in [6.07, 6.45) is 1.96. The molecule has 1 amide bonds. The van der Waals surface area contributed by atoms with Crippen molar-refractivity contribution in [2.75, 3.05) is 13.6 Å². The zero-order valence-corrected chi connectivity index (χ0v) is 11.6. The molecule has 0 saturated heterocycles. The smallest absolute Gasteiger partial charge is 0.239 e. The summed E-state index contributed by atoms with van der Waals surface area (Å²) < 4.78 is 0. The van der Waals surface area contributed by atoms with Crippen molar-refractivity contribution >= 4 is 5.91 Å². The highest BCUT2D eigenvalue weighted by Crippen LogP contribution is 2.05. The third-order valence-electron chi connectivity index (χ3n) is 3.18. The summed E-state index contributed by atoms with van der Waals surface area (Å²) in [6.45, 7) is 4.70. The molecule has 0 unspecified atom stereocenters. The summed E-state index contributed by atoms with van der Waals surface area (Å²) in [5, 5.41) is 0. The lowest BCUT2D eigenvalue weighted by molar-refractivity contribution is -0.132. The number of benzene rings is 1. The van der Waals surface area contributed by atoms with E-state index in [0.29, 0.717) is 0 Å². The van der Waals surface area contributed by atoms with E-state index in [0.717, 1.165) is 19.4 Å². The molecule has 100 valence electrons. The van der Waals surface area contributed by atoms with Gasteiger partial charge in [0, 0.05) is 13.6 Å². The average Bonchev–Trinajstić information content (AvgIpc) is 2.38. The van der Waals surface area contributed by atoms with Gasteiger partial charge in [-0.2, -0.15) is 0 Å². The summed E-state index contributed by atoms with van der Waals surface area (Å²) in [5.41, 5.74) is 7.16. The van der Waals surface area contributed by atoms with E-state index in [4.69, 9.17) is 5.73 Å². The quantitative estimate of drug-likeness (QED) is 0.837. The van der Waals surface area contributed by atoms with Crippen LogP contribution < -0.4 is 5.73 Å². The van der Waals surface area contributed by atoms with E-state index in [2.05, 4.69) is 12.1 Å². The van der Waals surface area contributed by atoms with E-state index in [-0.39, 0.29) is 17.9 Å². The van der Waals surface area contributed by atoms with Crippen LogP contribution in [0.15, 0.2) is 30.3 Å². The van der Waals surface area contributed by atoms with Crippen molar-refractivity contribution in [3.8, 4) is 0 Å². The average molecular weight is 248 g/mol. The molecule has 0 bridgehead atoms. The second-order valence-electron chi connectivity index (χ2n) is 5.12. The van der Waals surface area contributed by atoms with Crippen LogP contribution in [0.1, 0.15) is 25.8 Å². The van der Waals surface area contributed by atoms with Crippen LogP contribution in [0, 0.1) is 5.92 Å². The van der Waals surface area contributed by atoms with Crippen molar-refractivity contribution in [2.24, 2.45) is 11.7 Å². The lowest BCUT2D eigenvalue weighted by atomic mass is 10.0. The SMILES string of the molecule is CC(C)[C@@H](N)C(=O)N(C)CCCc1ccccc1. The summed E-state index contributed by atoms with van der Waals surface area (Å²) in [5.74, 6) is 0.229. The molecule has 2 N–H and O–H groups in total. The van der Waals surface area contributed by atoms with Crippen LogP contribution in [0.3, 0.4) is 0 Å². The molecule has 0 aliphatic heterocycles. The van der Waals surface area contributed by atoms with Crippen LogP contribution in [0.4, 0.5) is 0 Å². The van der Waals surface area contributed by atoms with Gasteiger partial charge in [-0.05, 0) is 24.3 Å². The van der Waals surface area contributed by atoms with Gasteiger partial charge in [0.1, 0.15) is 0 Å². The highest BCUT2D eigenvalue weighted by Gasteiger charge is 2.20. The molecule has 0 spiro atoms. The number of carbonyl (C=O) groups is 1. The summed E-state index contributed by atoms with van der Waals surface area (Å²) in [6, 6.07) is 9.94. The number of amides is 1. The van der Waals surface area contributed by atoms with Crippen molar-refractivity contribution in [3.63, 3.8) is 0 Å². The van der Waals surface area contributed by atoms with E-state index in [1.807, 2.05) is 39.1 Å². The first kappa shape index (κ1) is 14.7. The number of carbonyl (C=O) groups excluding carboxylic acids is 1. The largest absolute Gasteiger partial charge is 0.344 e. The first-order valence-electron chi connectivity index (χ1n) is 6.57. The van der Waals surface area contributed by atoms with Gasteiger partial charge >= 0.3 is 0 Å². The molecule has 0 aromatic heterocycles. The van der Waals surface area contributed by atoms with Crippen molar-refractivity contribution in [3.05, 3.63) is 35.9 Å². The summed E-state index contributed by atoms with van der Waals surface area (Å²) in [4.78, 5) is 13.7. The number of aryl methyl sites for hydroxylation is 1. The lowest BCUT2D eigenvalue weighted by Crippen LogP contribution is -2.45. The minimum absolute atomic E-state index is 0.0399. The molecule has 3 nitrogen and oxygen atoms in total. The molecule has 1 rings (SSSR count). The molecule has 1 atom stereocenters. The molecule has 0 fully saturated rings. The minimum Gasteiger partial charge on any atom is -0.344 e. The molecule has 1 aromatic rings. The molecular formula is C15H24N2O. The van der Waals surface area contributed by atoms with Crippen LogP contribution in [-0.2, 0) is 11.2 Å². The first-order valence-corrected chi connectivity index (χ1v) is 6.57. The van der Waals surface area contributed by atoms with Gasteiger partial charge in [0.15, 0.2) is 0 Å². The highest BCUT2D eigenvalue weighted by atomic mass is 16.2. The van der Waals surface area contributed by atoms with Crippen molar-refractivity contribution in [1.82, 2.24) is 4.90 Å². The maximum atomic E-state index is 11.9. The Balaban J connectivity index is 2.33. The first-order chi connectivity index (χ1) is 8.52. The number of nitrogens with zero attached hydrogens (tertiary/aromatic N) is 1. The van der Waals surface area contributed by atoms with E-state index in [1.165, 1.54) is 5.56 Å². The van der Waals surface area contributed by atoms with Crippen molar-refractivity contribution < 1.29 is 4.79 Å². The molecule has 0 heterocycles. The predicted molar refractivity (Wildman–Crippen MR) is 75.2 cm³/mol. The van der Waals surface area contributed by atoms with Crippen LogP contribution in [0.2, 0.25) is 0 Å². The minimum atomic E-state index is -0.383. The third-order valence-corrected chi connectivity index (χ3v) is 3.18. The monoisotopic (exact) mass is 248 g/mol. The Morgan fingerprint density at radius 1 is 1.28 bits per heavy atom. The fraction of sp³-hybridized carbons (Fsp3) is 0.533.